The first-order valence-corrected chi connectivity index (χ1v) is 9.06. The minimum atomic E-state index is -1.03. The lowest BCUT2D eigenvalue weighted by Gasteiger charge is -2.14. The van der Waals surface area contributed by atoms with Crippen LogP contribution in [-0.2, 0) is 4.79 Å². The number of methoxy groups -OCH3 is 1. The average Bonchev–Trinajstić information content (AvgIpc) is 3.26. The first kappa shape index (κ1) is 20.7. The number of carbonyl (C=O) groups excluding carboxylic acids is 2. The second-order valence-corrected chi connectivity index (χ2v) is 6.35. The number of carboxylic acid groups (broad SMARTS) is 1. The highest BCUT2D eigenvalue weighted by atomic mass is 16.5. The molecule has 0 bridgehead atoms. The van der Waals surface area contributed by atoms with Crippen molar-refractivity contribution in [3.63, 3.8) is 0 Å². The van der Waals surface area contributed by atoms with Crippen LogP contribution in [0.2, 0.25) is 0 Å². The first-order valence-electron chi connectivity index (χ1n) is 9.06. The van der Waals surface area contributed by atoms with Gasteiger partial charge in [-0.2, -0.15) is 0 Å². The summed E-state index contributed by atoms with van der Waals surface area (Å²) in [6.07, 6.45) is 0.462. The number of aliphatic carboxylic acids is 1. The number of aromatic nitrogens is 2. The summed E-state index contributed by atoms with van der Waals surface area (Å²) in [5, 5.41) is 19.7. The van der Waals surface area contributed by atoms with Crippen LogP contribution in [0.1, 0.15) is 45.5 Å². The van der Waals surface area contributed by atoms with Gasteiger partial charge in [0, 0.05) is 17.5 Å². The molecule has 0 fully saturated rings. The van der Waals surface area contributed by atoms with Gasteiger partial charge in [0.15, 0.2) is 0 Å². The summed E-state index contributed by atoms with van der Waals surface area (Å²) in [7, 11) is 1.51. The number of hydrogen-bond acceptors (Lipinski definition) is 7. The molecule has 0 saturated carbocycles. The van der Waals surface area contributed by atoms with E-state index in [1.54, 1.807) is 42.5 Å². The number of ether oxygens (including phenoxy) is 1. The zero-order chi connectivity index (χ0) is 21.5. The topological polar surface area (TPSA) is 132 Å². The summed E-state index contributed by atoms with van der Waals surface area (Å²) in [6.45, 7) is 0. The SMILES string of the molecule is COc1ccccc1-c1nnc(C(CCC(=O)O)NC(=O)c2cccc(C=O)c2)o1. The molecule has 9 heteroatoms. The minimum absolute atomic E-state index is 0.0437. The van der Waals surface area contributed by atoms with Gasteiger partial charge < -0.3 is 19.6 Å². The molecule has 2 N–H and O–H groups in total. The summed E-state index contributed by atoms with van der Waals surface area (Å²) in [4.78, 5) is 34.6. The van der Waals surface area contributed by atoms with Crippen molar-refractivity contribution >= 4 is 18.2 Å². The molecule has 154 valence electrons. The summed E-state index contributed by atoms with van der Waals surface area (Å²) in [6, 6.07) is 12.4. The molecule has 1 atom stereocenters. The van der Waals surface area contributed by atoms with Gasteiger partial charge in [-0.3, -0.25) is 14.4 Å². The van der Waals surface area contributed by atoms with Crippen LogP contribution in [0.5, 0.6) is 5.75 Å². The van der Waals surface area contributed by atoms with Gasteiger partial charge in [0.1, 0.15) is 18.1 Å². The van der Waals surface area contributed by atoms with Crippen LogP contribution in [0.4, 0.5) is 0 Å². The zero-order valence-electron chi connectivity index (χ0n) is 16.1. The minimum Gasteiger partial charge on any atom is -0.496 e. The van der Waals surface area contributed by atoms with Crippen LogP contribution in [0.3, 0.4) is 0 Å². The number of aldehydes is 1. The average molecular weight is 409 g/mol. The van der Waals surface area contributed by atoms with Crippen molar-refractivity contribution in [3.8, 4) is 17.2 Å². The summed E-state index contributed by atoms with van der Waals surface area (Å²) < 4.78 is 11.0. The van der Waals surface area contributed by atoms with Gasteiger partial charge in [-0.15, -0.1) is 10.2 Å². The Bertz CT molecular complexity index is 1060. The molecule has 0 aliphatic heterocycles. The van der Waals surface area contributed by atoms with E-state index in [2.05, 4.69) is 15.5 Å². The predicted molar refractivity (Wildman–Crippen MR) is 105 cm³/mol. The van der Waals surface area contributed by atoms with Gasteiger partial charge in [-0.05, 0) is 30.7 Å². The molecule has 1 aromatic heterocycles. The Morgan fingerprint density at radius 3 is 2.73 bits per heavy atom. The fourth-order valence-corrected chi connectivity index (χ4v) is 2.83. The number of para-hydroxylation sites is 1. The van der Waals surface area contributed by atoms with Crippen LogP contribution in [-0.4, -0.2) is 40.6 Å². The van der Waals surface area contributed by atoms with Crippen LogP contribution in [0, 0.1) is 0 Å². The van der Waals surface area contributed by atoms with E-state index >= 15 is 0 Å². The second kappa shape index (κ2) is 9.46. The van der Waals surface area contributed by atoms with Crippen LogP contribution in [0.15, 0.2) is 52.9 Å². The molecule has 0 saturated heterocycles. The van der Waals surface area contributed by atoms with Crippen molar-refractivity contribution in [3.05, 3.63) is 65.5 Å². The van der Waals surface area contributed by atoms with Crippen molar-refractivity contribution in [1.82, 2.24) is 15.5 Å². The molecular formula is C21H19N3O6. The van der Waals surface area contributed by atoms with Gasteiger partial charge >= 0.3 is 5.97 Å². The third kappa shape index (κ3) is 4.88. The van der Waals surface area contributed by atoms with E-state index in [0.717, 1.165) is 0 Å². The number of carboxylic acids is 1. The van der Waals surface area contributed by atoms with E-state index in [4.69, 9.17) is 14.3 Å². The quantitative estimate of drug-likeness (QED) is 0.516. The maximum Gasteiger partial charge on any atom is 0.303 e. The first-order chi connectivity index (χ1) is 14.5. The molecule has 9 nitrogen and oxygen atoms in total. The summed E-state index contributed by atoms with van der Waals surface area (Å²) in [5.74, 6) is -0.741. The molecule has 0 radical (unpaired) electrons. The van der Waals surface area contributed by atoms with E-state index < -0.39 is 17.9 Å². The van der Waals surface area contributed by atoms with Gasteiger partial charge in [0.05, 0.1) is 12.7 Å². The van der Waals surface area contributed by atoms with Crippen molar-refractivity contribution in [2.75, 3.05) is 7.11 Å². The molecule has 1 amide bonds. The zero-order valence-corrected chi connectivity index (χ0v) is 16.1. The Hall–Kier alpha value is -4.01. The maximum atomic E-state index is 12.6. The molecule has 0 aliphatic rings. The molecule has 0 spiro atoms. The molecule has 3 aromatic rings. The lowest BCUT2D eigenvalue weighted by molar-refractivity contribution is -0.137. The Morgan fingerprint density at radius 1 is 1.20 bits per heavy atom. The molecule has 0 aliphatic carbocycles. The molecule has 3 rings (SSSR count). The summed E-state index contributed by atoms with van der Waals surface area (Å²) >= 11 is 0. The van der Waals surface area contributed by atoms with Crippen LogP contribution in [0.25, 0.3) is 11.5 Å². The Balaban J connectivity index is 1.86. The molecular weight excluding hydrogens is 390 g/mol. The fraction of sp³-hybridized carbons (Fsp3) is 0.190. The van der Waals surface area contributed by atoms with E-state index in [1.807, 2.05) is 0 Å². The van der Waals surface area contributed by atoms with Crippen LogP contribution < -0.4 is 10.1 Å². The Kier molecular flexibility index (Phi) is 6.53. The number of carbonyl (C=O) groups is 3. The Morgan fingerprint density at radius 2 is 2.00 bits per heavy atom. The number of nitrogens with one attached hydrogen (secondary N) is 1. The van der Waals surface area contributed by atoms with E-state index in [0.29, 0.717) is 23.2 Å². The van der Waals surface area contributed by atoms with Crippen molar-refractivity contribution in [2.24, 2.45) is 0 Å². The lowest BCUT2D eigenvalue weighted by Crippen LogP contribution is -2.29. The molecule has 1 heterocycles. The largest absolute Gasteiger partial charge is 0.496 e. The van der Waals surface area contributed by atoms with Gasteiger partial charge in [-0.1, -0.05) is 24.3 Å². The lowest BCUT2D eigenvalue weighted by atomic mass is 10.1. The normalized spacial score (nSPS) is 11.5. The Labute approximate surface area is 171 Å². The van der Waals surface area contributed by atoms with E-state index in [1.165, 1.54) is 13.2 Å². The highest BCUT2D eigenvalue weighted by Crippen LogP contribution is 2.30. The number of nitrogens with zero attached hydrogens (tertiary/aromatic N) is 2. The van der Waals surface area contributed by atoms with Crippen molar-refractivity contribution < 1.29 is 28.6 Å². The standard InChI is InChI=1S/C21H19N3O6/c1-29-17-8-3-2-7-15(17)20-23-24-21(30-20)16(9-10-18(26)27)22-19(28)14-6-4-5-13(11-14)12-25/h2-8,11-12,16H,9-10H2,1H3,(H,22,28)(H,26,27). The van der Waals surface area contributed by atoms with Crippen molar-refractivity contribution in [2.45, 2.75) is 18.9 Å². The summed E-state index contributed by atoms with van der Waals surface area (Å²) in [5.41, 5.74) is 1.17. The third-order valence-electron chi connectivity index (χ3n) is 4.31. The number of hydrogen-bond donors (Lipinski definition) is 2. The highest BCUT2D eigenvalue weighted by Gasteiger charge is 2.24. The number of benzene rings is 2. The maximum absolute atomic E-state index is 12.6. The molecule has 2 aromatic carbocycles. The second-order valence-electron chi connectivity index (χ2n) is 6.35. The molecule has 1 unspecified atom stereocenters. The van der Waals surface area contributed by atoms with Gasteiger partial charge in [0.25, 0.3) is 11.8 Å². The smallest absolute Gasteiger partial charge is 0.303 e. The van der Waals surface area contributed by atoms with Crippen molar-refractivity contribution in [1.29, 1.82) is 0 Å². The van der Waals surface area contributed by atoms with E-state index in [9.17, 15) is 14.4 Å². The van der Waals surface area contributed by atoms with E-state index in [-0.39, 0.29) is 30.2 Å². The predicted octanol–water partition coefficient (Wildman–Crippen LogP) is 2.89. The fourth-order valence-electron chi connectivity index (χ4n) is 2.83. The number of amides is 1. The number of rotatable bonds is 9. The van der Waals surface area contributed by atoms with Crippen LogP contribution >= 0.6 is 0 Å². The van der Waals surface area contributed by atoms with Gasteiger partial charge in [-0.25, -0.2) is 0 Å². The monoisotopic (exact) mass is 409 g/mol. The highest BCUT2D eigenvalue weighted by molar-refractivity contribution is 5.96. The molecule has 30 heavy (non-hydrogen) atoms. The van der Waals surface area contributed by atoms with Gasteiger partial charge in [0.2, 0.25) is 5.89 Å². The third-order valence-corrected chi connectivity index (χ3v) is 4.31.